The molecule has 0 saturated carbocycles. The standard InChI is InChI=1S/C11H20N2O4/c1-8(2)13(7-11(15)16)10(14)5-9-6-12-3-4-17-9/h8-9,12H,3-7H2,1-2H3,(H,15,16). The van der Waals surface area contributed by atoms with Gasteiger partial charge in [-0.2, -0.15) is 0 Å². The number of ether oxygens (including phenoxy) is 1. The van der Waals surface area contributed by atoms with Crippen LogP contribution in [0.15, 0.2) is 0 Å². The fourth-order valence-electron chi connectivity index (χ4n) is 1.77. The molecule has 0 radical (unpaired) electrons. The van der Waals surface area contributed by atoms with Crippen molar-refractivity contribution in [2.75, 3.05) is 26.2 Å². The van der Waals surface area contributed by atoms with Gasteiger partial charge < -0.3 is 20.1 Å². The van der Waals surface area contributed by atoms with Crippen molar-refractivity contribution in [2.45, 2.75) is 32.4 Å². The lowest BCUT2D eigenvalue weighted by molar-refractivity contribution is -0.147. The highest BCUT2D eigenvalue weighted by Crippen LogP contribution is 2.07. The van der Waals surface area contributed by atoms with E-state index in [1.807, 2.05) is 0 Å². The largest absolute Gasteiger partial charge is 0.480 e. The lowest BCUT2D eigenvalue weighted by Gasteiger charge is -2.29. The van der Waals surface area contributed by atoms with Crippen molar-refractivity contribution >= 4 is 11.9 Å². The Kier molecular flexibility index (Phi) is 5.37. The van der Waals surface area contributed by atoms with Crippen molar-refractivity contribution in [1.82, 2.24) is 10.2 Å². The SMILES string of the molecule is CC(C)N(CC(=O)O)C(=O)CC1CNCCO1. The Bertz CT molecular complexity index is 275. The van der Waals surface area contributed by atoms with E-state index in [4.69, 9.17) is 9.84 Å². The zero-order chi connectivity index (χ0) is 12.8. The molecule has 6 heteroatoms. The summed E-state index contributed by atoms with van der Waals surface area (Å²) >= 11 is 0. The predicted molar refractivity (Wildman–Crippen MR) is 61.7 cm³/mol. The van der Waals surface area contributed by atoms with Crippen LogP contribution in [0.25, 0.3) is 0 Å². The molecule has 2 N–H and O–H groups in total. The van der Waals surface area contributed by atoms with Crippen LogP contribution in [-0.4, -0.2) is 60.3 Å². The molecule has 0 aliphatic carbocycles. The van der Waals surface area contributed by atoms with Crippen LogP contribution in [0.3, 0.4) is 0 Å². The second-order valence-electron chi connectivity index (χ2n) is 4.41. The van der Waals surface area contributed by atoms with Crippen LogP contribution >= 0.6 is 0 Å². The summed E-state index contributed by atoms with van der Waals surface area (Å²) in [5.74, 6) is -1.16. The van der Waals surface area contributed by atoms with Crippen LogP contribution in [0.5, 0.6) is 0 Å². The number of hydrogen-bond acceptors (Lipinski definition) is 4. The molecule has 1 atom stereocenters. The van der Waals surface area contributed by atoms with Crippen molar-refractivity contribution < 1.29 is 19.4 Å². The summed E-state index contributed by atoms with van der Waals surface area (Å²) in [5, 5.41) is 11.9. The van der Waals surface area contributed by atoms with Gasteiger partial charge in [-0.3, -0.25) is 9.59 Å². The molecule has 1 rings (SSSR count). The highest BCUT2D eigenvalue weighted by Gasteiger charge is 2.24. The highest BCUT2D eigenvalue weighted by atomic mass is 16.5. The number of amides is 1. The summed E-state index contributed by atoms with van der Waals surface area (Å²) in [6.45, 7) is 5.40. The number of nitrogens with zero attached hydrogens (tertiary/aromatic N) is 1. The quantitative estimate of drug-likeness (QED) is 0.693. The molecule has 0 aromatic carbocycles. The first-order chi connectivity index (χ1) is 8.00. The van der Waals surface area contributed by atoms with Crippen LogP contribution < -0.4 is 5.32 Å². The summed E-state index contributed by atoms with van der Waals surface area (Å²) in [7, 11) is 0. The lowest BCUT2D eigenvalue weighted by atomic mass is 10.2. The molecule has 17 heavy (non-hydrogen) atoms. The van der Waals surface area contributed by atoms with E-state index in [0.717, 1.165) is 6.54 Å². The minimum Gasteiger partial charge on any atom is -0.480 e. The van der Waals surface area contributed by atoms with Gasteiger partial charge in [-0.1, -0.05) is 0 Å². The van der Waals surface area contributed by atoms with Gasteiger partial charge in [-0.25, -0.2) is 0 Å². The van der Waals surface area contributed by atoms with E-state index in [1.165, 1.54) is 4.90 Å². The average molecular weight is 244 g/mol. The number of aliphatic carboxylic acids is 1. The third-order valence-corrected chi connectivity index (χ3v) is 2.66. The second-order valence-corrected chi connectivity index (χ2v) is 4.41. The number of hydrogen-bond donors (Lipinski definition) is 2. The number of rotatable bonds is 5. The van der Waals surface area contributed by atoms with Crippen molar-refractivity contribution in [2.24, 2.45) is 0 Å². The number of nitrogens with one attached hydrogen (secondary N) is 1. The Morgan fingerprint density at radius 2 is 2.24 bits per heavy atom. The molecular formula is C11H20N2O4. The summed E-state index contributed by atoms with van der Waals surface area (Å²) < 4.78 is 5.43. The minimum atomic E-state index is -0.991. The third kappa shape index (κ3) is 4.70. The van der Waals surface area contributed by atoms with Gasteiger partial charge in [0, 0.05) is 19.1 Å². The number of carbonyl (C=O) groups excluding carboxylic acids is 1. The number of carboxylic acid groups (broad SMARTS) is 1. The fraction of sp³-hybridized carbons (Fsp3) is 0.818. The maximum atomic E-state index is 11.9. The van der Waals surface area contributed by atoms with Crippen molar-refractivity contribution in [3.63, 3.8) is 0 Å². The molecule has 1 aliphatic heterocycles. The zero-order valence-electron chi connectivity index (χ0n) is 10.3. The summed E-state index contributed by atoms with van der Waals surface area (Å²) in [4.78, 5) is 24.0. The topological polar surface area (TPSA) is 78.9 Å². The highest BCUT2D eigenvalue weighted by molar-refractivity contribution is 5.81. The van der Waals surface area contributed by atoms with E-state index in [1.54, 1.807) is 13.8 Å². The van der Waals surface area contributed by atoms with E-state index >= 15 is 0 Å². The smallest absolute Gasteiger partial charge is 0.323 e. The zero-order valence-corrected chi connectivity index (χ0v) is 10.3. The van der Waals surface area contributed by atoms with Gasteiger partial charge in [0.25, 0.3) is 0 Å². The van der Waals surface area contributed by atoms with Crippen LogP contribution in [0.1, 0.15) is 20.3 Å². The molecule has 6 nitrogen and oxygen atoms in total. The summed E-state index contributed by atoms with van der Waals surface area (Å²) in [6.07, 6.45) is 0.0876. The van der Waals surface area contributed by atoms with Gasteiger partial charge >= 0.3 is 5.97 Å². The van der Waals surface area contributed by atoms with Gasteiger partial charge in [0.05, 0.1) is 19.1 Å². The fourth-order valence-corrected chi connectivity index (χ4v) is 1.77. The maximum absolute atomic E-state index is 11.9. The Hall–Kier alpha value is -1.14. The first kappa shape index (κ1) is 13.9. The van der Waals surface area contributed by atoms with Gasteiger partial charge in [0.15, 0.2) is 0 Å². The normalized spacial score (nSPS) is 20.3. The molecule has 1 unspecified atom stereocenters. The molecule has 1 heterocycles. The number of carboxylic acids is 1. The molecule has 0 aromatic heterocycles. The minimum absolute atomic E-state index is 0.116. The molecule has 0 spiro atoms. The van der Waals surface area contributed by atoms with Gasteiger partial charge in [-0.05, 0) is 13.8 Å². The van der Waals surface area contributed by atoms with Crippen molar-refractivity contribution in [1.29, 1.82) is 0 Å². The molecule has 1 amide bonds. The molecule has 98 valence electrons. The van der Waals surface area contributed by atoms with Crippen molar-refractivity contribution in [3.8, 4) is 0 Å². The van der Waals surface area contributed by atoms with E-state index < -0.39 is 5.97 Å². The van der Waals surface area contributed by atoms with Gasteiger partial charge in [0.1, 0.15) is 6.54 Å². The van der Waals surface area contributed by atoms with Gasteiger partial charge in [0.2, 0.25) is 5.91 Å². The van der Waals surface area contributed by atoms with Crippen LogP contribution in [0.4, 0.5) is 0 Å². The summed E-state index contributed by atoms with van der Waals surface area (Å²) in [5.41, 5.74) is 0. The molecule has 1 fully saturated rings. The monoisotopic (exact) mass is 244 g/mol. The van der Waals surface area contributed by atoms with Crippen LogP contribution in [0, 0.1) is 0 Å². The molecule has 1 aliphatic rings. The van der Waals surface area contributed by atoms with E-state index in [9.17, 15) is 9.59 Å². The first-order valence-corrected chi connectivity index (χ1v) is 5.84. The first-order valence-electron chi connectivity index (χ1n) is 5.84. The second kappa shape index (κ2) is 6.56. The van der Waals surface area contributed by atoms with E-state index in [-0.39, 0.29) is 31.0 Å². The number of carbonyl (C=O) groups is 2. The third-order valence-electron chi connectivity index (χ3n) is 2.66. The predicted octanol–water partition coefficient (Wildman–Crippen LogP) is -0.313. The number of morpholine rings is 1. The van der Waals surface area contributed by atoms with Crippen LogP contribution in [0.2, 0.25) is 0 Å². The maximum Gasteiger partial charge on any atom is 0.323 e. The Labute approximate surface area is 101 Å². The molecule has 0 bridgehead atoms. The van der Waals surface area contributed by atoms with Crippen LogP contribution in [-0.2, 0) is 14.3 Å². The Morgan fingerprint density at radius 3 is 2.71 bits per heavy atom. The summed E-state index contributed by atoms with van der Waals surface area (Å²) in [6, 6.07) is -0.116. The van der Waals surface area contributed by atoms with Gasteiger partial charge in [-0.15, -0.1) is 0 Å². The Morgan fingerprint density at radius 1 is 1.53 bits per heavy atom. The molecule has 0 aromatic rings. The van der Waals surface area contributed by atoms with E-state index in [0.29, 0.717) is 13.2 Å². The lowest BCUT2D eigenvalue weighted by Crippen LogP contribution is -2.45. The van der Waals surface area contributed by atoms with E-state index in [2.05, 4.69) is 5.32 Å². The molecular weight excluding hydrogens is 224 g/mol. The molecule has 1 saturated heterocycles. The van der Waals surface area contributed by atoms with Crippen molar-refractivity contribution in [3.05, 3.63) is 0 Å². The Balaban J connectivity index is 2.49. The average Bonchev–Trinajstić information content (AvgIpc) is 2.26.